The third-order valence-corrected chi connectivity index (χ3v) is 12.7. The first kappa shape index (κ1) is 27.0. The van der Waals surface area contributed by atoms with Gasteiger partial charge in [-0.15, -0.1) is 0 Å². The second kappa shape index (κ2) is 8.53. The molecule has 226 valence electrons. The predicted molar refractivity (Wildman–Crippen MR) is 128 cm³/mol. The first-order valence-electron chi connectivity index (χ1n) is 14.8. The van der Waals surface area contributed by atoms with Crippen molar-refractivity contribution in [2.75, 3.05) is 13.2 Å². The van der Waals surface area contributed by atoms with Gasteiger partial charge in [0.2, 0.25) is 0 Å². The number of rotatable bonds is 6. The second-order valence-corrected chi connectivity index (χ2v) is 15.5. The van der Waals surface area contributed by atoms with E-state index in [9.17, 15) is 26.0 Å². The van der Waals surface area contributed by atoms with Gasteiger partial charge in [-0.3, -0.25) is 4.55 Å². The zero-order valence-electron chi connectivity index (χ0n) is 22.1. The monoisotopic (exact) mass is 596 g/mol. The lowest BCUT2D eigenvalue weighted by Gasteiger charge is -2.58. The lowest BCUT2D eigenvalue weighted by molar-refractivity contribution is -0.365. The molecule has 40 heavy (non-hydrogen) atoms. The Kier molecular flexibility index (Phi) is 5.76. The van der Waals surface area contributed by atoms with E-state index in [-0.39, 0.29) is 36.9 Å². The molecule has 0 aromatic rings. The summed E-state index contributed by atoms with van der Waals surface area (Å²) >= 11 is 0. The standard InChI is InChI=1S/C27H36F4O8S/c28-26(29,27(30,31)40(32,33)34)39-23(21-11-35-24(37-21)17-3-13-1-14(5-17)6-18(24)4-13)22-12-36-25(38-22)19-7-15-2-16(9-19)10-20(25)8-15/h13-23H,1-12H2,(H,32,33,34). The van der Waals surface area contributed by atoms with E-state index >= 15 is 0 Å². The Morgan fingerprint density at radius 3 is 1.35 bits per heavy atom. The van der Waals surface area contributed by atoms with Crippen LogP contribution in [0.15, 0.2) is 0 Å². The molecule has 13 heteroatoms. The van der Waals surface area contributed by atoms with Crippen LogP contribution in [-0.2, 0) is 33.8 Å². The molecule has 0 aromatic carbocycles. The van der Waals surface area contributed by atoms with Gasteiger partial charge >= 0.3 is 21.5 Å². The van der Waals surface area contributed by atoms with Crippen LogP contribution in [0, 0.1) is 47.3 Å². The van der Waals surface area contributed by atoms with Crippen molar-refractivity contribution in [3.8, 4) is 0 Å². The van der Waals surface area contributed by atoms with Crippen molar-refractivity contribution in [1.82, 2.24) is 0 Å². The SMILES string of the molecule is O=S(=O)(O)C(F)(F)C(F)(F)OC(C1COC2(O1)C1CC3CC(C1)CC2C3)C1COC2(O1)C1CC3CC(C1)CC2C3. The van der Waals surface area contributed by atoms with Crippen LogP contribution >= 0.6 is 0 Å². The van der Waals surface area contributed by atoms with Gasteiger partial charge in [0.25, 0.3) is 0 Å². The van der Waals surface area contributed by atoms with Crippen molar-refractivity contribution in [1.29, 1.82) is 0 Å². The number of alkyl halides is 4. The Morgan fingerprint density at radius 2 is 1.02 bits per heavy atom. The van der Waals surface area contributed by atoms with E-state index in [1.807, 2.05) is 0 Å². The summed E-state index contributed by atoms with van der Waals surface area (Å²) < 4.78 is 120. The average Bonchev–Trinajstić information content (AvgIpc) is 3.50. The highest BCUT2D eigenvalue weighted by Gasteiger charge is 2.71. The Morgan fingerprint density at radius 1 is 0.675 bits per heavy atom. The molecule has 10 fully saturated rings. The summed E-state index contributed by atoms with van der Waals surface area (Å²) in [6.45, 7) is -0.352. The Balaban J connectivity index is 1.09. The fourth-order valence-corrected chi connectivity index (χ4v) is 11.0. The third kappa shape index (κ3) is 3.66. The maximum atomic E-state index is 15.0. The van der Waals surface area contributed by atoms with Crippen LogP contribution in [0.25, 0.3) is 0 Å². The molecule has 2 atom stereocenters. The van der Waals surface area contributed by atoms with Crippen molar-refractivity contribution in [3.05, 3.63) is 0 Å². The van der Waals surface area contributed by atoms with Crippen molar-refractivity contribution < 1.29 is 54.2 Å². The van der Waals surface area contributed by atoms with E-state index < -0.39 is 51.4 Å². The average molecular weight is 597 g/mol. The molecular formula is C27H36F4O8S. The number of halogens is 4. The third-order valence-electron chi connectivity index (χ3n) is 11.8. The predicted octanol–water partition coefficient (Wildman–Crippen LogP) is 4.58. The molecule has 10 rings (SSSR count). The topological polar surface area (TPSA) is 101 Å². The maximum Gasteiger partial charge on any atom is 0.459 e. The molecule has 0 amide bonds. The first-order valence-corrected chi connectivity index (χ1v) is 16.3. The number of hydrogen-bond acceptors (Lipinski definition) is 7. The highest BCUT2D eigenvalue weighted by atomic mass is 32.2. The molecule has 2 spiro atoms. The van der Waals surface area contributed by atoms with Crippen LogP contribution in [-0.4, -0.2) is 67.4 Å². The second-order valence-electron chi connectivity index (χ2n) is 14.1. The Labute approximate surface area is 230 Å². The molecule has 8 nitrogen and oxygen atoms in total. The molecular weight excluding hydrogens is 560 g/mol. The fraction of sp³-hybridized carbons (Fsp3) is 1.00. The van der Waals surface area contributed by atoms with Gasteiger partial charge in [-0.05, 0) is 87.9 Å². The molecule has 2 unspecified atom stereocenters. The molecule has 2 saturated heterocycles. The summed E-state index contributed by atoms with van der Waals surface area (Å²) in [4.78, 5) is 0. The molecule has 8 saturated carbocycles. The quantitative estimate of drug-likeness (QED) is 0.352. The van der Waals surface area contributed by atoms with Crippen LogP contribution in [0.2, 0.25) is 0 Å². The molecule has 10 aliphatic rings. The van der Waals surface area contributed by atoms with Crippen LogP contribution in [0.3, 0.4) is 0 Å². The van der Waals surface area contributed by atoms with Crippen molar-refractivity contribution in [2.45, 2.75) is 105 Å². The van der Waals surface area contributed by atoms with Crippen LogP contribution in [0.4, 0.5) is 17.6 Å². The fourth-order valence-electron chi connectivity index (χ4n) is 10.7. The van der Waals surface area contributed by atoms with E-state index in [0.29, 0.717) is 23.7 Å². The van der Waals surface area contributed by atoms with Gasteiger partial charge in [-0.25, -0.2) is 0 Å². The minimum atomic E-state index is -6.49. The highest BCUT2D eigenvalue weighted by Crippen LogP contribution is 2.64. The smallest absolute Gasteiger partial charge is 0.347 e. The van der Waals surface area contributed by atoms with E-state index in [1.165, 1.54) is 12.8 Å². The van der Waals surface area contributed by atoms with Gasteiger partial charge in [0.1, 0.15) is 18.3 Å². The molecule has 8 aliphatic carbocycles. The minimum absolute atomic E-state index is 0.0747. The highest BCUT2D eigenvalue weighted by molar-refractivity contribution is 7.86. The molecule has 2 heterocycles. The molecule has 8 bridgehead atoms. The van der Waals surface area contributed by atoms with Crippen LogP contribution < -0.4 is 0 Å². The molecule has 0 aromatic heterocycles. The Bertz CT molecular complexity index is 1050. The number of ether oxygens (including phenoxy) is 5. The van der Waals surface area contributed by atoms with Gasteiger partial charge in [0, 0.05) is 23.7 Å². The van der Waals surface area contributed by atoms with Crippen molar-refractivity contribution in [3.63, 3.8) is 0 Å². The van der Waals surface area contributed by atoms with E-state index in [4.69, 9.17) is 28.2 Å². The summed E-state index contributed by atoms with van der Waals surface area (Å²) in [6.07, 6.45) is -0.209. The van der Waals surface area contributed by atoms with Crippen molar-refractivity contribution >= 4 is 10.1 Å². The summed E-state index contributed by atoms with van der Waals surface area (Å²) in [5, 5.41) is -5.88. The Hall–Kier alpha value is -0.570. The van der Waals surface area contributed by atoms with Gasteiger partial charge in [0.15, 0.2) is 11.6 Å². The zero-order chi connectivity index (χ0) is 27.9. The summed E-state index contributed by atoms with van der Waals surface area (Å²) in [5.74, 6) is 0.605. The zero-order valence-corrected chi connectivity index (χ0v) is 22.9. The molecule has 1 N–H and O–H groups in total. The molecule has 0 radical (unpaired) electrons. The number of hydrogen-bond donors (Lipinski definition) is 1. The van der Waals surface area contributed by atoms with Crippen molar-refractivity contribution in [2.24, 2.45) is 47.3 Å². The summed E-state index contributed by atoms with van der Waals surface area (Å²) in [7, 11) is -6.49. The van der Waals surface area contributed by atoms with Crippen LogP contribution in [0.5, 0.6) is 0 Å². The van der Waals surface area contributed by atoms with Gasteiger partial charge in [-0.1, -0.05) is 0 Å². The first-order chi connectivity index (χ1) is 18.8. The van der Waals surface area contributed by atoms with Gasteiger partial charge in [-0.2, -0.15) is 26.0 Å². The summed E-state index contributed by atoms with van der Waals surface area (Å²) in [5.41, 5.74) is 0. The summed E-state index contributed by atoms with van der Waals surface area (Å²) in [6, 6.07) is 0. The lowest BCUT2D eigenvalue weighted by atomic mass is 9.53. The largest absolute Gasteiger partial charge is 0.459 e. The van der Waals surface area contributed by atoms with E-state index in [2.05, 4.69) is 0 Å². The maximum absolute atomic E-state index is 15.0. The normalized spacial score (nSPS) is 51.9. The lowest BCUT2D eigenvalue weighted by Crippen LogP contribution is -2.60. The van der Waals surface area contributed by atoms with E-state index in [1.54, 1.807) is 0 Å². The van der Waals surface area contributed by atoms with Gasteiger partial charge < -0.3 is 23.7 Å². The molecule has 2 aliphatic heterocycles. The van der Waals surface area contributed by atoms with Crippen LogP contribution in [0.1, 0.15) is 64.2 Å². The minimum Gasteiger partial charge on any atom is -0.347 e. The van der Waals surface area contributed by atoms with E-state index in [0.717, 1.165) is 51.4 Å². The van der Waals surface area contributed by atoms with Gasteiger partial charge in [0.05, 0.1) is 13.2 Å².